The van der Waals surface area contributed by atoms with E-state index in [4.69, 9.17) is 0 Å². The quantitative estimate of drug-likeness (QED) is 0.901. The van der Waals surface area contributed by atoms with Gasteiger partial charge in [-0.05, 0) is 31.0 Å². The molecule has 0 aliphatic heterocycles. The highest BCUT2D eigenvalue weighted by molar-refractivity contribution is 7.13. The van der Waals surface area contributed by atoms with Crippen LogP contribution in [-0.2, 0) is 6.54 Å². The Hall–Kier alpha value is -1.19. The van der Waals surface area contributed by atoms with Gasteiger partial charge in [-0.3, -0.25) is 0 Å². The average molecular weight is 260 g/mol. The minimum absolute atomic E-state index is 0.497. The first-order chi connectivity index (χ1) is 8.56. The molecule has 1 aromatic carbocycles. The first kappa shape index (κ1) is 13.2. The number of hydrogen-bond acceptors (Lipinski definition) is 3. The number of thiazole rings is 1. The van der Waals surface area contributed by atoms with Gasteiger partial charge >= 0.3 is 0 Å². The van der Waals surface area contributed by atoms with Crippen LogP contribution in [0.4, 0.5) is 0 Å². The summed E-state index contributed by atoms with van der Waals surface area (Å²) in [5, 5.41) is 6.64. The summed E-state index contributed by atoms with van der Waals surface area (Å²) < 4.78 is 0. The van der Waals surface area contributed by atoms with Crippen molar-refractivity contribution in [1.29, 1.82) is 0 Å². The van der Waals surface area contributed by atoms with E-state index in [2.05, 4.69) is 61.6 Å². The molecule has 0 radical (unpaired) electrons. The highest BCUT2D eigenvalue weighted by atomic mass is 32.1. The molecular formula is C15H20N2S. The third-order valence-electron chi connectivity index (χ3n) is 3.00. The lowest BCUT2D eigenvalue weighted by Crippen LogP contribution is -2.21. The molecule has 0 aliphatic carbocycles. The Morgan fingerprint density at radius 2 is 2.00 bits per heavy atom. The molecule has 0 aliphatic rings. The van der Waals surface area contributed by atoms with Crippen molar-refractivity contribution in [3.63, 3.8) is 0 Å². The van der Waals surface area contributed by atoms with E-state index < -0.39 is 0 Å². The Morgan fingerprint density at radius 3 is 2.67 bits per heavy atom. The van der Waals surface area contributed by atoms with Gasteiger partial charge in [-0.1, -0.05) is 26.0 Å². The second kappa shape index (κ2) is 5.63. The fraction of sp³-hybridized carbons (Fsp3) is 0.400. The molecule has 3 heteroatoms. The fourth-order valence-electron chi connectivity index (χ4n) is 1.70. The lowest BCUT2D eigenvalue weighted by molar-refractivity contribution is 0.583. The normalized spacial score (nSPS) is 11.2. The van der Waals surface area contributed by atoms with Gasteiger partial charge in [0.15, 0.2) is 0 Å². The van der Waals surface area contributed by atoms with E-state index in [9.17, 15) is 0 Å². The van der Waals surface area contributed by atoms with E-state index in [1.165, 1.54) is 16.7 Å². The average Bonchev–Trinajstić information content (AvgIpc) is 2.79. The molecule has 0 atom stereocenters. The summed E-state index contributed by atoms with van der Waals surface area (Å²) in [5.74, 6) is 0. The minimum Gasteiger partial charge on any atom is -0.309 e. The van der Waals surface area contributed by atoms with E-state index in [0.717, 1.165) is 17.2 Å². The van der Waals surface area contributed by atoms with Gasteiger partial charge in [0.1, 0.15) is 5.01 Å². The van der Waals surface area contributed by atoms with Crippen LogP contribution in [0.15, 0.2) is 23.6 Å². The number of nitrogens with one attached hydrogen (secondary N) is 1. The first-order valence-corrected chi connectivity index (χ1v) is 7.19. The Balaban J connectivity index is 2.16. The summed E-state index contributed by atoms with van der Waals surface area (Å²) in [6.07, 6.45) is 0. The van der Waals surface area contributed by atoms with Crippen molar-refractivity contribution in [2.75, 3.05) is 0 Å². The molecule has 0 bridgehead atoms. The van der Waals surface area contributed by atoms with Gasteiger partial charge < -0.3 is 5.32 Å². The van der Waals surface area contributed by atoms with Crippen molar-refractivity contribution in [3.05, 3.63) is 40.4 Å². The summed E-state index contributed by atoms with van der Waals surface area (Å²) in [4.78, 5) is 4.68. The van der Waals surface area contributed by atoms with Crippen molar-refractivity contribution in [1.82, 2.24) is 10.3 Å². The van der Waals surface area contributed by atoms with E-state index in [0.29, 0.717) is 6.04 Å². The van der Waals surface area contributed by atoms with Gasteiger partial charge in [0, 0.05) is 23.5 Å². The number of aromatic nitrogens is 1. The van der Waals surface area contributed by atoms with E-state index >= 15 is 0 Å². The fourth-order valence-corrected chi connectivity index (χ4v) is 2.52. The molecule has 2 nitrogen and oxygen atoms in total. The Morgan fingerprint density at radius 1 is 1.22 bits per heavy atom. The van der Waals surface area contributed by atoms with E-state index in [1.807, 2.05) is 0 Å². The van der Waals surface area contributed by atoms with Crippen molar-refractivity contribution in [3.8, 4) is 10.6 Å². The monoisotopic (exact) mass is 260 g/mol. The molecule has 0 spiro atoms. The Bertz CT molecular complexity index is 529. The first-order valence-electron chi connectivity index (χ1n) is 6.31. The van der Waals surface area contributed by atoms with Crippen LogP contribution in [0.25, 0.3) is 10.6 Å². The predicted octanol–water partition coefficient (Wildman–Crippen LogP) is 3.92. The maximum Gasteiger partial charge on any atom is 0.123 e. The molecule has 2 aromatic rings. The van der Waals surface area contributed by atoms with Gasteiger partial charge in [-0.15, -0.1) is 11.3 Å². The SMILES string of the molecule is Cc1ccc(-c2nc(CNC(C)C)cs2)cc1C. The third-order valence-corrected chi connectivity index (χ3v) is 3.94. The van der Waals surface area contributed by atoms with Crippen LogP contribution in [0.3, 0.4) is 0 Å². The maximum absolute atomic E-state index is 4.68. The lowest BCUT2D eigenvalue weighted by atomic mass is 10.1. The number of aryl methyl sites for hydroxylation is 2. The summed E-state index contributed by atoms with van der Waals surface area (Å²) in [6, 6.07) is 7.03. The molecule has 18 heavy (non-hydrogen) atoms. The molecule has 0 amide bonds. The van der Waals surface area contributed by atoms with Crippen molar-refractivity contribution >= 4 is 11.3 Å². The third kappa shape index (κ3) is 3.18. The number of benzene rings is 1. The van der Waals surface area contributed by atoms with Crippen LogP contribution in [-0.4, -0.2) is 11.0 Å². The van der Waals surface area contributed by atoms with Gasteiger partial charge in [-0.25, -0.2) is 4.98 Å². The van der Waals surface area contributed by atoms with E-state index in [-0.39, 0.29) is 0 Å². The highest BCUT2D eigenvalue weighted by Gasteiger charge is 2.06. The number of rotatable bonds is 4. The lowest BCUT2D eigenvalue weighted by Gasteiger charge is -2.05. The molecule has 0 saturated heterocycles. The second-order valence-corrected chi connectivity index (χ2v) is 5.84. The minimum atomic E-state index is 0.497. The van der Waals surface area contributed by atoms with Crippen molar-refractivity contribution < 1.29 is 0 Å². The summed E-state index contributed by atoms with van der Waals surface area (Å²) in [6.45, 7) is 9.43. The largest absolute Gasteiger partial charge is 0.309 e. The smallest absolute Gasteiger partial charge is 0.123 e. The van der Waals surface area contributed by atoms with Crippen molar-refractivity contribution in [2.45, 2.75) is 40.3 Å². The molecule has 1 heterocycles. The topological polar surface area (TPSA) is 24.9 Å². The van der Waals surface area contributed by atoms with E-state index in [1.54, 1.807) is 11.3 Å². The number of nitrogens with zero attached hydrogens (tertiary/aromatic N) is 1. The molecule has 96 valence electrons. The maximum atomic E-state index is 4.68. The van der Waals surface area contributed by atoms with Gasteiger partial charge in [-0.2, -0.15) is 0 Å². The summed E-state index contributed by atoms with van der Waals surface area (Å²) in [7, 11) is 0. The molecular weight excluding hydrogens is 240 g/mol. The highest BCUT2D eigenvalue weighted by Crippen LogP contribution is 2.25. The summed E-state index contributed by atoms with van der Waals surface area (Å²) >= 11 is 1.72. The zero-order valence-electron chi connectivity index (χ0n) is 11.4. The summed E-state index contributed by atoms with van der Waals surface area (Å²) in [5.41, 5.74) is 5.00. The molecule has 0 fully saturated rings. The molecule has 0 unspecified atom stereocenters. The van der Waals surface area contributed by atoms with Crippen LogP contribution in [0.2, 0.25) is 0 Å². The van der Waals surface area contributed by atoms with Gasteiger partial charge in [0.05, 0.1) is 5.69 Å². The van der Waals surface area contributed by atoms with Gasteiger partial charge in [0.2, 0.25) is 0 Å². The van der Waals surface area contributed by atoms with Crippen LogP contribution in [0.1, 0.15) is 30.7 Å². The van der Waals surface area contributed by atoms with Crippen LogP contribution >= 0.6 is 11.3 Å². The van der Waals surface area contributed by atoms with Crippen molar-refractivity contribution in [2.24, 2.45) is 0 Å². The Kier molecular flexibility index (Phi) is 4.15. The zero-order chi connectivity index (χ0) is 13.1. The molecule has 2 rings (SSSR count). The van der Waals surface area contributed by atoms with Gasteiger partial charge in [0.25, 0.3) is 0 Å². The number of hydrogen-bond donors (Lipinski definition) is 1. The molecule has 1 aromatic heterocycles. The standard InChI is InChI=1S/C15H20N2S/c1-10(2)16-8-14-9-18-15(17-14)13-6-5-11(3)12(4)7-13/h5-7,9-10,16H,8H2,1-4H3. The zero-order valence-corrected chi connectivity index (χ0v) is 12.3. The van der Waals surface area contributed by atoms with Crippen LogP contribution in [0, 0.1) is 13.8 Å². The molecule has 0 saturated carbocycles. The van der Waals surface area contributed by atoms with Crippen LogP contribution < -0.4 is 5.32 Å². The second-order valence-electron chi connectivity index (χ2n) is 4.98. The molecule has 1 N–H and O–H groups in total. The van der Waals surface area contributed by atoms with Crippen LogP contribution in [0.5, 0.6) is 0 Å². The Labute approximate surface area is 113 Å². The predicted molar refractivity (Wildman–Crippen MR) is 79.0 cm³/mol.